The highest BCUT2D eigenvalue weighted by Gasteiger charge is 2.34. The number of nitrogens with zero attached hydrogens (tertiary/aromatic N) is 1. The molecule has 0 aliphatic carbocycles. The van der Waals surface area contributed by atoms with Crippen LogP contribution in [0.25, 0.3) is 6.08 Å². The molecule has 0 unspecified atom stereocenters. The normalized spacial score (nSPS) is 18.2. The standard InChI is InChI=1S/C11H7NO2S2/c1-2-4-12-10(13)9(16-11(12)14)6-8-3-5-15-7-8/h1,3,5-7H,4H2. The maximum absolute atomic E-state index is 11.8. The number of terminal acetylenes is 1. The molecule has 0 atom stereocenters. The lowest BCUT2D eigenvalue weighted by atomic mass is 10.3. The van der Waals surface area contributed by atoms with Crippen LogP contribution in [0.15, 0.2) is 21.7 Å². The Kier molecular flexibility index (Phi) is 3.13. The van der Waals surface area contributed by atoms with Crippen molar-refractivity contribution in [1.82, 2.24) is 4.90 Å². The fraction of sp³-hybridized carbons (Fsp3) is 0.0909. The van der Waals surface area contributed by atoms with E-state index in [0.29, 0.717) is 4.91 Å². The minimum absolute atomic E-state index is 0.0334. The van der Waals surface area contributed by atoms with Crippen molar-refractivity contribution in [3.63, 3.8) is 0 Å². The van der Waals surface area contributed by atoms with E-state index in [-0.39, 0.29) is 17.7 Å². The second-order valence-corrected chi connectivity index (χ2v) is 4.80. The molecule has 1 aromatic heterocycles. The third-order valence-electron chi connectivity index (χ3n) is 1.96. The monoisotopic (exact) mass is 249 g/mol. The Morgan fingerprint density at radius 2 is 2.31 bits per heavy atom. The van der Waals surface area contributed by atoms with Crippen molar-refractivity contribution < 1.29 is 9.59 Å². The first-order chi connectivity index (χ1) is 7.72. The van der Waals surface area contributed by atoms with Gasteiger partial charge in [0.25, 0.3) is 11.1 Å². The average Bonchev–Trinajstić information content (AvgIpc) is 2.84. The van der Waals surface area contributed by atoms with Gasteiger partial charge in [0.1, 0.15) is 0 Å². The van der Waals surface area contributed by atoms with Crippen LogP contribution in [0.5, 0.6) is 0 Å². The summed E-state index contributed by atoms with van der Waals surface area (Å²) in [7, 11) is 0. The Morgan fingerprint density at radius 3 is 2.94 bits per heavy atom. The topological polar surface area (TPSA) is 37.4 Å². The smallest absolute Gasteiger partial charge is 0.268 e. The van der Waals surface area contributed by atoms with Gasteiger partial charge in [-0.1, -0.05) is 5.92 Å². The molecule has 3 nitrogen and oxygen atoms in total. The Morgan fingerprint density at radius 1 is 1.50 bits per heavy atom. The summed E-state index contributed by atoms with van der Waals surface area (Å²) in [6.45, 7) is 0.0334. The first-order valence-corrected chi connectivity index (χ1v) is 6.19. The van der Waals surface area contributed by atoms with Crippen LogP contribution >= 0.6 is 23.1 Å². The van der Waals surface area contributed by atoms with E-state index in [4.69, 9.17) is 6.42 Å². The van der Waals surface area contributed by atoms with Gasteiger partial charge >= 0.3 is 0 Å². The average molecular weight is 249 g/mol. The van der Waals surface area contributed by atoms with Crippen molar-refractivity contribution in [2.75, 3.05) is 6.54 Å². The fourth-order valence-corrected chi connectivity index (χ4v) is 2.69. The van der Waals surface area contributed by atoms with Crippen molar-refractivity contribution >= 4 is 40.3 Å². The van der Waals surface area contributed by atoms with Gasteiger partial charge in [-0.15, -0.1) is 6.42 Å². The molecule has 1 aliphatic rings. The molecular formula is C11H7NO2S2. The number of thioether (sulfide) groups is 1. The van der Waals surface area contributed by atoms with Gasteiger partial charge in [-0.2, -0.15) is 11.3 Å². The molecule has 1 aliphatic heterocycles. The van der Waals surface area contributed by atoms with Gasteiger partial charge in [0.2, 0.25) is 0 Å². The van der Waals surface area contributed by atoms with Crippen molar-refractivity contribution in [1.29, 1.82) is 0 Å². The Bertz CT molecular complexity index is 497. The molecule has 0 spiro atoms. The summed E-state index contributed by atoms with van der Waals surface area (Å²) < 4.78 is 0. The minimum atomic E-state index is -0.306. The van der Waals surface area contributed by atoms with Gasteiger partial charge in [-0.3, -0.25) is 14.5 Å². The molecule has 0 bridgehead atoms. The van der Waals surface area contributed by atoms with Crippen LogP contribution in [-0.2, 0) is 4.79 Å². The van der Waals surface area contributed by atoms with Crippen LogP contribution in [0.3, 0.4) is 0 Å². The van der Waals surface area contributed by atoms with Gasteiger partial charge in [-0.05, 0) is 40.2 Å². The van der Waals surface area contributed by atoms with Gasteiger partial charge in [0.15, 0.2) is 0 Å². The number of hydrogen-bond donors (Lipinski definition) is 0. The SMILES string of the molecule is C#CCN1C(=O)SC(=Cc2ccsc2)C1=O. The molecule has 2 rings (SSSR count). The van der Waals surface area contributed by atoms with Crippen molar-refractivity contribution in [2.45, 2.75) is 0 Å². The lowest BCUT2D eigenvalue weighted by molar-refractivity contribution is -0.122. The maximum atomic E-state index is 11.8. The molecule has 0 aromatic carbocycles. The number of carbonyl (C=O) groups excluding carboxylic acids is 2. The van der Waals surface area contributed by atoms with E-state index < -0.39 is 0 Å². The number of imide groups is 1. The van der Waals surface area contributed by atoms with Crippen LogP contribution in [0.4, 0.5) is 4.79 Å². The largest absolute Gasteiger partial charge is 0.294 e. The van der Waals surface area contributed by atoms with E-state index in [1.165, 1.54) is 0 Å². The summed E-state index contributed by atoms with van der Waals surface area (Å²) in [5.74, 6) is 1.99. The van der Waals surface area contributed by atoms with E-state index in [2.05, 4.69) is 5.92 Å². The summed E-state index contributed by atoms with van der Waals surface area (Å²) >= 11 is 2.47. The Balaban J connectivity index is 2.24. The molecule has 1 saturated heterocycles. The molecular weight excluding hydrogens is 242 g/mol. The quantitative estimate of drug-likeness (QED) is 0.596. The van der Waals surface area contributed by atoms with Crippen LogP contribution < -0.4 is 0 Å². The highest BCUT2D eigenvalue weighted by molar-refractivity contribution is 8.18. The highest BCUT2D eigenvalue weighted by atomic mass is 32.2. The highest BCUT2D eigenvalue weighted by Crippen LogP contribution is 2.32. The molecule has 0 saturated carbocycles. The summed E-state index contributed by atoms with van der Waals surface area (Å²) in [5.41, 5.74) is 0.927. The molecule has 2 heterocycles. The number of amides is 2. The molecule has 2 amide bonds. The third kappa shape index (κ3) is 2.03. The summed E-state index contributed by atoms with van der Waals surface area (Å²) in [5, 5.41) is 3.52. The van der Waals surface area contributed by atoms with Crippen molar-refractivity contribution in [2.24, 2.45) is 0 Å². The zero-order chi connectivity index (χ0) is 11.5. The van der Waals surface area contributed by atoms with Gasteiger partial charge < -0.3 is 0 Å². The second kappa shape index (κ2) is 4.56. The molecule has 80 valence electrons. The Hall–Kier alpha value is -1.51. The van der Waals surface area contributed by atoms with E-state index in [9.17, 15) is 9.59 Å². The van der Waals surface area contributed by atoms with Gasteiger partial charge in [-0.25, -0.2) is 0 Å². The summed E-state index contributed by atoms with van der Waals surface area (Å²) in [6.07, 6.45) is 6.80. The van der Waals surface area contributed by atoms with Gasteiger partial charge in [0.05, 0.1) is 11.4 Å². The van der Waals surface area contributed by atoms with Crippen LogP contribution in [-0.4, -0.2) is 22.6 Å². The number of rotatable bonds is 2. The van der Waals surface area contributed by atoms with E-state index >= 15 is 0 Å². The van der Waals surface area contributed by atoms with Crippen LogP contribution in [0, 0.1) is 12.3 Å². The van der Waals surface area contributed by atoms with Crippen LogP contribution in [0.2, 0.25) is 0 Å². The molecule has 16 heavy (non-hydrogen) atoms. The molecule has 1 fully saturated rings. The number of thiophene rings is 1. The fourth-order valence-electron chi connectivity index (χ4n) is 1.24. The van der Waals surface area contributed by atoms with Crippen LogP contribution in [0.1, 0.15) is 5.56 Å². The molecule has 5 heteroatoms. The predicted molar refractivity (Wildman–Crippen MR) is 65.8 cm³/mol. The maximum Gasteiger partial charge on any atom is 0.294 e. The zero-order valence-electron chi connectivity index (χ0n) is 8.17. The Labute approximate surface area is 101 Å². The lowest BCUT2D eigenvalue weighted by Crippen LogP contribution is -2.28. The first kappa shape index (κ1) is 11.0. The van der Waals surface area contributed by atoms with Crippen molar-refractivity contribution in [3.8, 4) is 12.3 Å². The van der Waals surface area contributed by atoms with E-state index in [1.54, 1.807) is 17.4 Å². The van der Waals surface area contributed by atoms with E-state index in [0.717, 1.165) is 22.2 Å². The lowest BCUT2D eigenvalue weighted by Gasteiger charge is -2.06. The van der Waals surface area contributed by atoms with E-state index in [1.807, 2.05) is 16.8 Å². The zero-order valence-corrected chi connectivity index (χ0v) is 9.81. The van der Waals surface area contributed by atoms with Crippen molar-refractivity contribution in [3.05, 3.63) is 27.3 Å². The number of carbonyl (C=O) groups is 2. The minimum Gasteiger partial charge on any atom is -0.268 e. The third-order valence-corrected chi connectivity index (χ3v) is 3.57. The van der Waals surface area contributed by atoms with Gasteiger partial charge in [0, 0.05) is 0 Å². The molecule has 0 radical (unpaired) electrons. The summed E-state index contributed by atoms with van der Waals surface area (Å²) in [4.78, 5) is 24.7. The molecule has 1 aromatic rings. The predicted octanol–water partition coefficient (Wildman–Crippen LogP) is 2.42. The number of hydrogen-bond acceptors (Lipinski definition) is 4. The molecule has 0 N–H and O–H groups in total. The summed E-state index contributed by atoms with van der Waals surface area (Å²) in [6, 6.07) is 1.89. The first-order valence-electron chi connectivity index (χ1n) is 4.43. The second-order valence-electron chi connectivity index (χ2n) is 3.03.